The van der Waals surface area contributed by atoms with Crippen molar-refractivity contribution in [2.75, 3.05) is 6.61 Å². The number of phenols is 2. The topological polar surface area (TPSA) is 209 Å². The molecule has 0 aliphatic carbocycles. The molecule has 194 valence electrons. The molecule has 0 radical (unpaired) electrons. The Labute approximate surface area is 205 Å². The summed E-state index contributed by atoms with van der Waals surface area (Å²) < 4.78 is 27.0. The van der Waals surface area contributed by atoms with Crippen LogP contribution in [0.5, 0.6) is 28.7 Å². The first-order chi connectivity index (χ1) is 17.7. The van der Waals surface area contributed by atoms with E-state index in [0.29, 0.717) is 5.39 Å². The normalized spacial score (nSPS) is 23.8. The molecule has 0 amide bonds. The molecule has 0 bridgehead atoms. The highest BCUT2D eigenvalue weighted by molar-refractivity contribution is 5.92. The molecule has 6 N–H and O–H groups in total. The van der Waals surface area contributed by atoms with Crippen molar-refractivity contribution in [2.45, 2.75) is 30.7 Å². The maximum absolute atomic E-state index is 11.9. The van der Waals surface area contributed by atoms with E-state index in [1.807, 2.05) is 0 Å². The van der Waals surface area contributed by atoms with Crippen molar-refractivity contribution in [3.63, 3.8) is 0 Å². The molecule has 13 nitrogen and oxygen atoms in total. The molecular weight excluding hydrogens is 496 g/mol. The van der Waals surface area contributed by atoms with Crippen LogP contribution in [0.2, 0.25) is 0 Å². The van der Waals surface area contributed by atoms with E-state index in [1.54, 1.807) is 0 Å². The van der Waals surface area contributed by atoms with Gasteiger partial charge in [0.2, 0.25) is 17.8 Å². The second-order valence-corrected chi connectivity index (χ2v) is 8.22. The van der Waals surface area contributed by atoms with E-state index in [1.165, 1.54) is 30.3 Å². The third-order valence-electron chi connectivity index (χ3n) is 5.84. The highest BCUT2D eigenvalue weighted by atomic mass is 16.7. The molecule has 4 aromatic rings. The maximum atomic E-state index is 11.9. The highest BCUT2D eigenvalue weighted by Gasteiger charge is 2.45. The molecule has 13 heteroatoms. The molecule has 1 aliphatic rings. The van der Waals surface area contributed by atoms with Gasteiger partial charge in [-0.15, -0.1) is 0 Å². The Kier molecular flexibility index (Phi) is 6.23. The van der Waals surface area contributed by atoms with Gasteiger partial charge in [-0.05, 0) is 24.3 Å². The molecule has 1 fully saturated rings. The zero-order chi connectivity index (χ0) is 26.4. The number of ether oxygens (including phenoxy) is 3. The minimum atomic E-state index is -1.81. The summed E-state index contributed by atoms with van der Waals surface area (Å²) in [6.07, 6.45) is -8.20. The van der Waals surface area contributed by atoms with Gasteiger partial charge in [-0.3, -0.25) is 0 Å². The van der Waals surface area contributed by atoms with Crippen LogP contribution in [0.1, 0.15) is 0 Å². The Bertz CT molecular complexity index is 1590. The summed E-state index contributed by atoms with van der Waals surface area (Å²) in [7, 11) is 0. The standard InChI is InChI=1S/C24H20O13/c25-8-14-17(29)19(31)20(32)24(35-14)34-13-7-12(10-3-6-16(28)37-22(10)18(13)30)33-23-11(26)4-1-9-2-5-15(27)36-21(9)23/h1-7,14,17,19-20,24-26,29-32H,8H2. The lowest BCUT2D eigenvalue weighted by Gasteiger charge is -2.39. The lowest BCUT2D eigenvalue weighted by Crippen LogP contribution is -2.60. The monoisotopic (exact) mass is 516 g/mol. The van der Waals surface area contributed by atoms with Gasteiger partial charge < -0.3 is 53.7 Å². The average molecular weight is 516 g/mol. The Hall–Kier alpha value is -4.14. The second kappa shape index (κ2) is 9.38. The Morgan fingerprint density at radius 1 is 0.811 bits per heavy atom. The second-order valence-electron chi connectivity index (χ2n) is 8.22. The predicted molar refractivity (Wildman–Crippen MR) is 123 cm³/mol. The Balaban J connectivity index is 1.63. The summed E-state index contributed by atoms with van der Waals surface area (Å²) in [6, 6.07) is 8.85. The van der Waals surface area contributed by atoms with Gasteiger partial charge >= 0.3 is 11.3 Å². The molecule has 2 aromatic carbocycles. The Morgan fingerprint density at radius 2 is 1.49 bits per heavy atom. The molecule has 1 aliphatic heterocycles. The van der Waals surface area contributed by atoms with Crippen LogP contribution in [0.15, 0.2) is 60.9 Å². The van der Waals surface area contributed by atoms with Crippen molar-refractivity contribution in [3.05, 3.63) is 63.3 Å². The van der Waals surface area contributed by atoms with Crippen LogP contribution in [0, 0.1) is 0 Å². The summed E-state index contributed by atoms with van der Waals surface area (Å²) in [4.78, 5) is 23.7. The summed E-state index contributed by atoms with van der Waals surface area (Å²) in [5, 5.41) is 61.4. The third-order valence-corrected chi connectivity index (χ3v) is 5.84. The van der Waals surface area contributed by atoms with E-state index >= 15 is 0 Å². The van der Waals surface area contributed by atoms with Gasteiger partial charge in [0, 0.05) is 23.6 Å². The van der Waals surface area contributed by atoms with Crippen molar-refractivity contribution < 1.29 is 53.7 Å². The van der Waals surface area contributed by atoms with Gasteiger partial charge in [-0.1, -0.05) is 0 Å². The predicted octanol–water partition coefficient (Wildman–Crippen LogP) is 0.282. The van der Waals surface area contributed by atoms with Crippen LogP contribution in [-0.2, 0) is 4.74 Å². The van der Waals surface area contributed by atoms with Crippen molar-refractivity contribution in [3.8, 4) is 28.7 Å². The quantitative estimate of drug-likeness (QED) is 0.197. The summed E-state index contributed by atoms with van der Waals surface area (Å²) in [6.45, 7) is -0.719. The molecular formula is C24H20O13. The minimum absolute atomic E-state index is 0.0490. The highest BCUT2D eigenvalue weighted by Crippen LogP contribution is 2.45. The average Bonchev–Trinajstić information content (AvgIpc) is 2.88. The zero-order valence-electron chi connectivity index (χ0n) is 18.7. The fraction of sp³-hybridized carbons (Fsp3) is 0.250. The number of phenolic OH excluding ortho intramolecular Hbond substituents is 2. The van der Waals surface area contributed by atoms with Gasteiger partial charge in [-0.2, -0.15) is 0 Å². The number of aliphatic hydroxyl groups is 4. The minimum Gasteiger partial charge on any atom is -0.504 e. The molecule has 3 heterocycles. The number of fused-ring (bicyclic) bond motifs is 2. The third kappa shape index (κ3) is 4.34. The van der Waals surface area contributed by atoms with Gasteiger partial charge in [-0.25, -0.2) is 9.59 Å². The SMILES string of the molecule is O=c1ccc2ccc(O)c(Oc3cc(OC4OC(CO)C(O)C(O)C4O)c(O)c4oc(=O)ccc34)c2o1. The van der Waals surface area contributed by atoms with Crippen LogP contribution < -0.4 is 20.7 Å². The van der Waals surface area contributed by atoms with Crippen molar-refractivity contribution >= 4 is 21.9 Å². The van der Waals surface area contributed by atoms with Crippen LogP contribution in [0.3, 0.4) is 0 Å². The molecule has 5 rings (SSSR count). The number of benzene rings is 2. The Morgan fingerprint density at radius 3 is 2.22 bits per heavy atom. The van der Waals surface area contributed by atoms with Crippen LogP contribution in [0.25, 0.3) is 21.9 Å². The number of hydrogen-bond acceptors (Lipinski definition) is 13. The first kappa shape index (κ1) is 24.5. The van der Waals surface area contributed by atoms with Gasteiger partial charge in [0.1, 0.15) is 30.2 Å². The first-order valence-corrected chi connectivity index (χ1v) is 10.9. The fourth-order valence-corrected chi connectivity index (χ4v) is 3.93. The van der Waals surface area contributed by atoms with Gasteiger partial charge in [0.05, 0.1) is 12.0 Å². The number of aliphatic hydroxyl groups excluding tert-OH is 4. The van der Waals surface area contributed by atoms with Crippen molar-refractivity contribution in [1.82, 2.24) is 0 Å². The number of aromatic hydroxyl groups is 2. The van der Waals surface area contributed by atoms with E-state index < -0.39 is 71.4 Å². The van der Waals surface area contributed by atoms with Gasteiger partial charge in [0.25, 0.3) is 0 Å². The summed E-state index contributed by atoms with van der Waals surface area (Å²) in [5.41, 5.74) is -2.04. The number of rotatable bonds is 5. The lowest BCUT2D eigenvalue weighted by molar-refractivity contribution is -0.277. The van der Waals surface area contributed by atoms with Crippen LogP contribution >= 0.6 is 0 Å². The van der Waals surface area contributed by atoms with E-state index in [4.69, 9.17) is 23.0 Å². The van der Waals surface area contributed by atoms with E-state index in [-0.39, 0.29) is 22.5 Å². The maximum Gasteiger partial charge on any atom is 0.336 e. The van der Waals surface area contributed by atoms with Gasteiger partial charge in [0.15, 0.2) is 22.7 Å². The van der Waals surface area contributed by atoms with Crippen LogP contribution in [-0.4, -0.2) is 68.0 Å². The lowest BCUT2D eigenvalue weighted by atomic mass is 9.99. The fourth-order valence-electron chi connectivity index (χ4n) is 3.93. The number of hydrogen-bond donors (Lipinski definition) is 6. The zero-order valence-corrected chi connectivity index (χ0v) is 18.7. The summed E-state index contributed by atoms with van der Waals surface area (Å²) >= 11 is 0. The largest absolute Gasteiger partial charge is 0.504 e. The molecule has 5 unspecified atom stereocenters. The van der Waals surface area contributed by atoms with Crippen molar-refractivity contribution in [2.24, 2.45) is 0 Å². The molecule has 1 saturated heterocycles. The smallest absolute Gasteiger partial charge is 0.336 e. The molecule has 5 atom stereocenters. The summed E-state index contributed by atoms with van der Waals surface area (Å²) in [5.74, 6) is -1.98. The molecule has 2 aromatic heterocycles. The first-order valence-electron chi connectivity index (χ1n) is 10.9. The molecule has 37 heavy (non-hydrogen) atoms. The van der Waals surface area contributed by atoms with E-state index in [2.05, 4.69) is 0 Å². The van der Waals surface area contributed by atoms with E-state index in [0.717, 1.165) is 12.1 Å². The van der Waals surface area contributed by atoms with E-state index in [9.17, 15) is 40.2 Å². The van der Waals surface area contributed by atoms with Crippen LogP contribution in [0.4, 0.5) is 0 Å². The molecule has 0 spiro atoms. The molecule has 0 saturated carbocycles. The van der Waals surface area contributed by atoms with Crippen molar-refractivity contribution in [1.29, 1.82) is 0 Å².